The Morgan fingerprint density at radius 3 is 2.90 bits per heavy atom. The number of aromatic nitrogens is 1. The van der Waals surface area contributed by atoms with Gasteiger partial charge in [0, 0.05) is 17.9 Å². The normalized spacial score (nSPS) is 20.9. The van der Waals surface area contributed by atoms with Gasteiger partial charge in [0.2, 0.25) is 0 Å². The molecule has 2 heteroatoms. The Bertz CT molecular complexity index is 199. The van der Waals surface area contributed by atoms with Crippen LogP contribution in [0.3, 0.4) is 0 Å². The van der Waals surface area contributed by atoms with Crippen LogP contribution in [0.5, 0.6) is 0 Å². The van der Waals surface area contributed by atoms with Gasteiger partial charge >= 0.3 is 0 Å². The lowest BCUT2D eigenvalue weighted by Crippen LogP contribution is -2.12. The predicted octanol–water partition coefficient (Wildman–Crippen LogP) is 1.42. The topological polar surface area (TPSA) is 41.8 Å². The molecule has 1 aliphatic carbocycles. The van der Waals surface area contributed by atoms with Gasteiger partial charge in [0.15, 0.2) is 0 Å². The summed E-state index contributed by atoms with van der Waals surface area (Å²) in [5, 5.41) is 0. The van der Waals surface area contributed by atoms with Crippen LogP contribution >= 0.6 is 0 Å². The van der Waals surface area contributed by atoms with Gasteiger partial charge in [-0.15, -0.1) is 0 Å². The molecule has 1 atom stereocenters. The highest BCUT2D eigenvalue weighted by atomic mass is 14.8. The molecular weight excluding hydrogens is 124 g/mol. The van der Waals surface area contributed by atoms with Crippen molar-refractivity contribution in [2.45, 2.75) is 18.9 Å². The molecule has 1 heterocycles. The average Bonchev–Trinajstić information content (AvgIpc) is 2.65. The first kappa shape index (κ1) is 5.98. The average molecular weight is 136 g/mol. The maximum atomic E-state index is 5.91. The molecule has 1 aromatic rings. The standard InChI is InChI=1S/C8H12N2/c9-8(6-3-4-6)7-2-1-5-10-7/h1-2,5-6,8,10H,3-4,9H2/t8-/m1/s1. The van der Waals surface area contributed by atoms with Crippen LogP contribution in [-0.2, 0) is 0 Å². The Hall–Kier alpha value is -0.760. The van der Waals surface area contributed by atoms with E-state index in [1.165, 1.54) is 18.5 Å². The molecule has 2 nitrogen and oxygen atoms in total. The van der Waals surface area contributed by atoms with Crippen LogP contribution in [0.1, 0.15) is 24.6 Å². The van der Waals surface area contributed by atoms with Gasteiger partial charge in [0.25, 0.3) is 0 Å². The molecule has 0 radical (unpaired) electrons. The fraction of sp³-hybridized carbons (Fsp3) is 0.500. The van der Waals surface area contributed by atoms with E-state index in [1.807, 2.05) is 12.3 Å². The maximum Gasteiger partial charge on any atom is 0.0476 e. The molecule has 0 bridgehead atoms. The van der Waals surface area contributed by atoms with Crippen LogP contribution in [0.15, 0.2) is 18.3 Å². The first-order valence-corrected chi connectivity index (χ1v) is 3.77. The number of nitrogens with two attached hydrogens (primary N) is 1. The van der Waals surface area contributed by atoms with Crippen LogP contribution in [0.25, 0.3) is 0 Å². The molecule has 0 aliphatic heterocycles. The van der Waals surface area contributed by atoms with Crippen molar-refractivity contribution in [3.8, 4) is 0 Å². The third-order valence-corrected chi connectivity index (χ3v) is 2.11. The summed E-state index contributed by atoms with van der Waals surface area (Å²) in [6, 6.07) is 4.32. The minimum absolute atomic E-state index is 0.259. The molecule has 0 saturated heterocycles. The molecule has 54 valence electrons. The highest BCUT2D eigenvalue weighted by molar-refractivity contribution is 5.11. The lowest BCUT2D eigenvalue weighted by Gasteiger charge is -2.05. The third-order valence-electron chi connectivity index (χ3n) is 2.11. The molecule has 1 aliphatic rings. The quantitative estimate of drug-likeness (QED) is 0.634. The fourth-order valence-corrected chi connectivity index (χ4v) is 1.26. The Morgan fingerprint density at radius 2 is 2.40 bits per heavy atom. The lowest BCUT2D eigenvalue weighted by molar-refractivity contribution is 0.618. The Balaban J connectivity index is 2.11. The van der Waals surface area contributed by atoms with Gasteiger partial charge in [-0.3, -0.25) is 0 Å². The third kappa shape index (κ3) is 0.948. The van der Waals surface area contributed by atoms with Crippen LogP contribution in [0.2, 0.25) is 0 Å². The van der Waals surface area contributed by atoms with E-state index >= 15 is 0 Å². The SMILES string of the molecule is N[C@@H](c1ccc[nH]1)C1CC1. The molecule has 3 N–H and O–H groups in total. The van der Waals surface area contributed by atoms with Crippen LogP contribution in [0.4, 0.5) is 0 Å². The van der Waals surface area contributed by atoms with Gasteiger partial charge in [0.05, 0.1) is 0 Å². The van der Waals surface area contributed by atoms with Gasteiger partial charge in [-0.25, -0.2) is 0 Å². The van der Waals surface area contributed by atoms with E-state index in [1.54, 1.807) is 0 Å². The van der Waals surface area contributed by atoms with E-state index in [4.69, 9.17) is 5.73 Å². The van der Waals surface area contributed by atoms with E-state index < -0.39 is 0 Å². The first-order chi connectivity index (χ1) is 4.88. The van der Waals surface area contributed by atoms with Crippen LogP contribution < -0.4 is 5.73 Å². The van der Waals surface area contributed by atoms with Gasteiger partial charge in [-0.1, -0.05) is 0 Å². The zero-order chi connectivity index (χ0) is 6.97. The molecule has 1 fully saturated rings. The van der Waals surface area contributed by atoms with Crippen LogP contribution in [-0.4, -0.2) is 4.98 Å². The number of hydrogen-bond acceptors (Lipinski definition) is 1. The predicted molar refractivity (Wildman–Crippen MR) is 40.4 cm³/mol. The summed E-state index contributed by atoms with van der Waals surface area (Å²) in [6.07, 6.45) is 4.54. The fourth-order valence-electron chi connectivity index (χ4n) is 1.26. The zero-order valence-electron chi connectivity index (χ0n) is 5.88. The van der Waals surface area contributed by atoms with Gasteiger partial charge in [-0.05, 0) is 30.9 Å². The van der Waals surface area contributed by atoms with Crippen molar-refractivity contribution < 1.29 is 0 Å². The maximum absolute atomic E-state index is 5.91. The summed E-state index contributed by atoms with van der Waals surface area (Å²) in [6.45, 7) is 0. The summed E-state index contributed by atoms with van der Waals surface area (Å²) in [5.41, 5.74) is 7.10. The smallest absolute Gasteiger partial charge is 0.0476 e. The summed E-state index contributed by atoms with van der Waals surface area (Å²) >= 11 is 0. The van der Waals surface area contributed by atoms with Crippen molar-refractivity contribution >= 4 is 0 Å². The monoisotopic (exact) mass is 136 g/mol. The molecule has 0 spiro atoms. The van der Waals surface area contributed by atoms with Crippen molar-refractivity contribution in [3.63, 3.8) is 0 Å². The van der Waals surface area contributed by atoms with Crippen molar-refractivity contribution in [1.29, 1.82) is 0 Å². The Labute approximate surface area is 60.4 Å². The van der Waals surface area contributed by atoms with E-state index in [0.717, 1.165) is 5.92 Å². The summed E-state index contributed by atoms with van der Waals surface area (Å²) in [4.78, 5) is 3.13. The molecule has 1 saturated carbocycles. The lowest BCUT2D eigenvalue weighted by atomic mass is 10.1. The van der Waals surface area contributed by atoms with E-state index in [9.17, 15) is 0 Å². The molecule has 2 rings (SSSR count). The van der Waals surface area contributed by atoms with Gasteiger partial charge < -0.3 is 10.7 Å². The second kappa shape index (κ2) is 2.13. The minimum atomic E-state index is 0.259. The van der Waals surface area contributed by atoms with Crippen LogP contribution in [0, 0.1) is 5.92 Å². The van der Waals surface area contributed by atoms with Gasteiger partial charge in [0.1, 0.15) is 0 Å². The summed E-state index contributed by atoms with van der Waals surface area (Å²) < 4.78 is 0. The Kier molecular flexibility index (Phi) is 1.27. The number of H-pyrrole nitrogens is 1. The van der Waals surface area contributed by atoms with E-state index in [2.05, 4.69) is 11.1 Å². The van der Waals surface area contributed by atoms with Crippen molar-refractivity contribution in [3.05, 3.63) is 24.0 Å². The van der Waals surface area contributed by atoms with Gasteiger partial charge in [-0.2, -0.15) is 0 Å². The summed E-state index contributed by atoms with van der Waals surface area (Å²) in [5.74, 6) is 0.749. The zero-order valence-corrected chi connectivity index (χ0v) is 5.88. The van der Waals surface area contributed by atoms with Crippen molar-refractivity contribution in [1.82, 2.24) is 4.98 Å². The largest absolute Gasteiger partial charge is 0.364 e. The number of nitrogens with one attached hydrogen (secondary N) is 1. The van der Waals surface area contributed by atoms with E-state index in [0.29, 0.717) is 0 Å². The molecule has 0 unspecified atom stereocenters. The summed E-state index contributed by atoms with van der Waals surface area (Å²) in [7, 11) is 0. The van der Waals surface area contributed by atoms with Crippen molar-refractivity contribution in [2.75, 3.05) is 0 Å². The number of aromatic amines is 1. The molecule has 10 heavy (non-hydrogen) atoms. The van der Waals surface area contributed by atoms with E-state index in [-0.39, 0.29) is 6.04 Å². The molecular formula is C8H12N2. The molecule has 0 amide bonds. The molecule has 0 aromatic carbocycles. The molecule has 1 aromatic heterocycles. The highest BCUT2D eigenvalue weighted by Gasteiger charge is 2.29. The van der Waals surface area contributed by atoms with Crippen molar-refractivity contribution in [2.24, 2.45) is 11.7 Å². The first-order valence-electron chi connectivity index (χ1n) is 3.77. The minimum Gasteiger partial charge on any atom is -0.364 e. The number of rotatable bonds is 2. The number of hydrogen-bond donors (Lipinski definition) is 2. The Morgan fingerprint density at radius 1 is 1.60 bits per heavy atom. The highest BCUT2D eigenvalue weighted by Crippen LogP contribution is 2.38. The second-order valence-electron chi connectivity index (χ2n) is 2.99. The second-order valence-corrected chi connectivity index (χ2v) is 2.99.